The summed E-state index contributed by atoms with van der Waals surface area (Å²) < 4.78 is 33.5. The lowest BCUT2D eigenvalue weighted by molar-refractivity contribution is 0.0734. The summed E-state index contributed by atoms with van der Waals surface area (Å²) in [6, 6.07) is 30.7. The van der Waals surface area contributed by atoms with Gasteiger partial charge in [-0.15, -0.1) is 0 Å². The van der Waals surface area contributed by atoms with Crippen molar-refractivity contribution in [2.75, 3.05) is 4.72 Å². The Morgan fingerprint density at radius 1 is 0.762 bits per heavy atom. The first-order valence-electron chi connectivity index (χ1n) is 13.0. The Labute approximate surface area is 243 Å². The fraction of sp³-hybridized carbons (Fsp3) is 0.0606. The summed E-state index contributed by atoms with van der Waals surface area (Å²) >= 11 is 0. The van der Waals surface area contributed by atoms with Crippen molar-refractivity contribution < 1.29 is 22.7 Å². The Bertz CT molecular complexity index is 1920. The predicted octanol–water partition coefficient (Wildman–Crippen LogP) is 6.24. The number of esters is 1. The molecule has 210 valence electrons. The van der Waals surface area contributed by atoms with E-state index in [-0.39, 0.29) is 10.5 Å². The minimum Gasteiger partial charge on any atom is -0.422 e. The van der Waals surface area contributed by atoms with Gasteiger partial charge in [0.1, 0.15) is 5.75 Å². The molecular weight excluding hydrogens is 550 g/mol. The van der Waals surface area contributed by atoms with Crippen LogP contribution in [0, 0.1) is 13.8 Å². The Hall–Kier alpha value is -5.28. The van der Waals surface area contributed by atoms with E-state index in [4.69, 9.17) is 4.74 Å². The molecule has 0 heterocycles. The summed E-state index contributed by atoms with van der Waals surface area (Å²) in [5.74, 6) is -0.716. The number of aryl methyl sites for hydroxylation is 2. The van der Waals surface area contributed by atoms with Crippen LogP contribution in [0.3, 0.4) is 0 Å². The van der Waals surface area contributed by atoms with Crippen molar-refractivity contribution in [3.63, 3.8) is 0 Å². The fourth-order valence-corrected chi connectivity index (χ4v) is 5.33. The van der Waals surface area contributed by atoms with Gasteiger partial charge in [0.15, 0.2) is 0 Å². The van der Waals surface area contributed by atoms with Crippen LogP contribution >= 0.6 is 0 Å². The Morgan fingerprint density at radius 2 is 1.50 bits per heavy atom. The van der Waals surface area contributed by atoms with Crippen molar-refractivity contribution in [3.8, 4) is 5.75 Å². The molecule has 1 amide bonds. The van der Waals surface area contributed by atoms with Crippen LogP contribution < -0.4 is 14.9 Å². The van der Waals surface area contributed by atoms with E-state index in [9.17, 15) is 18.0 Å². The molecule has 0 fully saturated rings. The molecule has 0 aromatic heterocycles. The normalized spacial score (nSPS) is 11.4. The van der Waals surface area contributed by atoms with Gasteiger partial charge in [0, 0.05) is 16.8 Å². The molecule has 2 N–H and O–H groups in total. The number of sulfonamides is 1. The van der Waals surface area contributed by atoms with Gasteiger partial charge in [0.2, 0.25) is 0 Å². The highest BCUT2D eigenvalue weighted by molar-refractivity contribution is 7.92. The zero-order valence-corrected chi connectivity index (χ0v) is 23.7. The first kappa shape index (κ1) is 28.3. The molecule has 0 saturated heterocycles. The molecule has 5 aromatic carbocycles. The van der Waals surface area contributed by atoms with Gasteiger partial charge in [0.05, 0.1) is 16.7 Å². The average Bonchev–Trinajstić information content (AvgIpc) is 2.98. The minimum atomic E-state index is -3.77. The van der Waals surface area contributed by atoms with E-state index < -0.39 is 21.9 Å². The summed E-state index contributed by atoms with van der Waals surface area (Å²) in [6.45, 7) is 3.77. The van der Waals surface area contributed by atoms with E-state index in [2.05, 4.69) is 15.2 Å². The van der Waals surface area contributed by atoms with Crippen molar-refractivity contribution in [2.24, 2.45) is 5.10 Å². The predicted molar refractivity (Wildman–Crippen MR) is 164 cm³/mol. The average molecular weight is 578 g/mol. The third-order valence-corrected chi connectivity index (χ3v) is 7.87. The number of fused-ring (bicyclic) bond motifs is 1. The summed E-state index contributed by atoms with van der Waals surface area (Å²) in [7, 11) is -3.77. The Morgan fingerprint density at radius 3 is 2.24 bits per heavy atom. The second-order valence-corrected chi connectivity index (χ2v) is 11.3. The van der Waals surface area contributed by atoms with Gasteiger partial charge in [-0.1, -0.05) is 65.7 Å². The molecule has 5 aromatic rings. The molecule has 0 radical (unpaired) electrons. The van der Waals surface area contributed by atoms with E-state index >= 15 is 0 Å². The topological polar surface area (TPSA) is 114 Å². The van der Waals surface area contributed by atoms with Crippen molar-refractivity contribution in [1.29, 1.82) is 0 Å². The quantitative estimate of drug-likeness (QED) is 0.0981. The smallest absolute Gasteiger partial charge is 0.343 e. The number of hydrogen-bond donors (Lipinski definition) is 2. The molecule has 0 aliphatic heterocycles. The summed E-state index contributed by atoms with van der Waals surface area (Å²) in [4.78, 5) is 25.8. The number of carbonyl (C=O) groups excluding carboxylic acids is 2. The molecule has 5 rings (SSSR count). The molecule has 0 unspecified atom stereocenters. The maximum Gasteiger partial charge on any atom is 0.343 e. The highest BCUT2D eigenvalue weighted by atomic mass is 32.2. The van der Waals surface area contributed by atoms with Gasteiger partial charge >= 0.3 is 5.97 Å². The Kier molecular flexibility index (Phi) is 8.12. The SMILES string of the molecule is Cc1ccc(S(=O)(=O)Nc2ccc(C(=O)NN=Cc3c(OC(=O)c4cccc(C)c4)ccc4ccccc34)cc2)cc1. The number of amides is 1. The standard InChI is InChI=1S/C33H27N3O5S/c1-22-10-17-28(18-11-22)42(39,40)36-27-15-12-25(13-16-27)32(37)35-34-21-30-29-9-4-3-7-24(29)14-19-31(30)41-33(38)26-8-5-6-23(2)20-26/h3-21,36H,1-2H3,(H,35,37). The number of nitrogens with one attached hydrogen (secondary N) is 2. The third-order valence-electron chi connectivity index (χ3n) is 6.48. The third kappa shape index (κ3) is 6.54. The molecule has 0 atom stereocenters. The van der Waals surface area contributed by atoms with Crippen LogP contribution in [0.1, 0.15) is 37.4 Å². The van der Waals surface area contributed by atoms with E-state index in [1.807, 2.05) is 50.2 Å². The molecule has 9 heteroatoms. The summed E-state index contributed by atoms with van der Waals surface area (Å²) in [5.41, 5.74) is 5.90. The first-order chi connectivity index (χ1) is 20.2. The number of anilines is 1. The molecule has 8 nitrogen and oxygen atoms in total. The van der Waals surface area contributed by atoms with Gasteiger partial charge in [-0.05, 0) is 79.2 Å². The van der Waals surface area contributed by atoms with Crippen molar-refractivity contribution >= 4 is 44.6 Å². The second kappa shape index (κ2) is 12.1. The molecule has 0 saturated carbocycles. The number of benzene rings is 5. The lowest BCUT2D eigenvalue weighted by Gasteiger charge is -2.11. The molecular formula is C33H27N3O5S. The van der Waals surface area contributed by atoms with Crippen LogP contribution in [0.5, 0.6) is 5.75 Å². The van der Waals surface area contributed by atoms with Gasteiger partial charge in [-0.25, -0.2) is 18.6 Å². The van der Waals surface area contributed by atoms with Crippen LogP contribution in [0.4, 0.5) is 5.69 Å². The van der Waals surface area contributed by atoms with Gasteiger partial charge in [-0.2, -0.15) is 5.10 Å². The maximum atomic E-state index is 12.9. The number of rotatable bonds is 8. The summed E-state index contributed by atoms with van der Waals surface area (Å²) in [6.07, 6.45) is 1.43. The number of ether oxygens (including phenoxy) is 1. The number of carbonyl (C=O) groups is 2. The van der Waals surface area contributed by atoms with E-state index in [1.165, 1.54) is 42.6 Å². The van der Waals surface area contributed by atoms with Gasteiger partial charge in [-0.3, -0.25) is 9.52 Å². The Balaban J connectivity index is 1.31. The number of hydrogen-bond acceptors (Lipinski definition) is 6. The zero-order chi connectivity index (χ0) is 29.7. The molecule has 0 spiro atoms. The largest absolute Gasteiger partial charge is 0.422 e. The van der Waals surface area contributed by atoms with E-state index in [0.29, 0.717) is 22.6 Å². The first-order valence-corrected chi connectivity index (χ1v) is 14.5. The van der Waals surface area contributed by atoms with Crippen LogP contribution in [-0.4, -0.2) is 26.5 Å². The highest BCUT2D eigenvalue weighted by Gasteiger charge is 2.16. The lowest BCUT2D eigenvalue weighted by Crippen LogP contribution is -2.18. The van der Waals surface area contributed by atoms with Crippen LogP contribution in [-0.2, 0) is 10.0 Å². The van der Waals surface area contributed by atoms with Crippen LogP contribution in [0.15, 0.2) is 119 Å². The van der Waals surface area contributed by atoms with Crippen LogP contribution in [0.2, 0.25) is 0 Å². The van der Waals surface area contributed by atoms with Crippen LogP contribution in [0.25, 0.3) is 10.8 Å². The second-order valence-electron chi connectivity index (χ2n) is 9.65. The van der Waals surface area contributed by atoms with E-state index in [1.54, 1.807) is 36.4 Å². The zero-order valence-electron chi connectivity index (χ0n) is 22.9. The van der Waals surface area contributed by atoms with Crippen molar-refractivity contribution in [2.45, 2.75) is 18.7 Å². The van der Waals surface area contributed by atoms with Gasteiger partial charge in [0.25, 0.3) is 15.9 Å². The fourth-order valence-electron chi connectivity index (χ4n) is 4.27. The van der Waals surface area contributed by atoms with Gasteiger partial charge < -0.3 is 4.74 Å². The molecule has 0 aliphatic carbocycles. The van der Waals surface area contributed by atoms with E-state index in [0.717, 1.165) is 21.9 Å². The monoisotopic (exact) mass is 577 g/mol. The number of hydrazone groups is 1. The van der Waals surface area contributed by atoms with Crippen molar-refractivity contribution in [1.82, 2.24) is 5.43 Å². The molecule has 0 bridgehead atoms. The lowest BCUT2D eigenvalue weighted by atomic mass is 10.0. The molecule has 0 aliphatic rings. The minimum absolute atomic E-state index is 0.140. The molecule has 42 heavy (non-hydrogen) atoms. The maximum absolute atomic E-state index is 12.9. The summed E-state index contributed by atoms with van der Waals surface area (Å²) in [5, 5.41) is 5.82. The number of nitrogens with zero attached hydrogens (tertiary/aromatic N) is 1. The highest BCUT2D eigenvalue weighted by Crippen LogP contribution is 2.27. The van der Waals surface area contributed by atoms with Crippen molar-refractivity contribution in [3.05, 3.63) is 137 Å².